The number of aliphatic carboxylic acids is 3. The quantitative estimate of drug-likeness (QED) is 0.104. The predicted octanol–water partition coefficient (Wildman–Crippen LogP) is 3.97. The van der Waals surface area contributed by atoms with Crippen molar-refractivity contribution in [2.45, 2.75) is 45.1 Å². The summed E-state index contributed by atoms with van der Waals surface area (Å²) in [6.07, 6.45) is 3.57. The number of carbonyl (C=O) groups is 4. The van der Waals surface area contributed by atoms with Gasteiger partial charge in [0, 0.05) is 12.1 Å². The molecule has 3 heterocycles. The third-order valence-corrected chi connectivity index (χ3v) is 11.7. The van der Waals surface area contributed by atoms with Gasteiger partial charge in [-0.15, -0.1) is 0 Å². The summed E-state index contributed by atoms with van der Waals surface area (Å²) in [4.78, 5) is 52.6. The summed E-state index contributed by atoms with van der Waals surface area (Å²) in [7, 11) is 0. The molecule has 3 aromatic rings. The van der Waals surface area contributed by atoms with Crippen molar-refractivity contribution in [3.05, 3.63) is 101 Å². The van der Waals surface area contributed by atoms with Crippen LogP contribution in [0.1, 0.15) is 51.9 Å². The summed E-state index contributed by atoms with van der Waals surface area (Å²) in [5, 5.41) is 39.8. The Morgan fingerprint density at radius 3 is 1.56 bits per heavy atom. The number of carboxylic acids is 3. The van der Waals surface area contributed by atoms with E-state index in [1.54, 1.807) is 23.1 Å². The molecule has 0 aromatic heterocycles. The zero-order valence-electron chi connectivity index (χ0n) is 31.3. The molecule has 12 nitrogen and oxygen atoms in total. The van der Waals surface area contributed by atoms with Gasteiger partial charge < -0.3 is 40.9 Å². The number of rotatable bonds is 19. The molecule has 294 valence electrons. The molecule has 6 rings (SSSR count). The molecule has 0 unspecified atom stereocenters. The first-order valence-corrected chi connectivity index (χ1v) is 19.6. The third kappa shape index (κ3) is 10.9. The Morgan fingerprint density at radius 2 is 1.07 bits per heavy atom. The van der Waals surface area contributed by atoms with Gasteiger partial charge in [0.2, 0.25) is 0 Å². The molecular weight excluding hydrogens is 700 g/mol. The SMILES string of the molecule is O=C(O)[C@@H](Cc1cccc(CN(CCOc2cccc(C[C@H](C(=O)O)[C@H]3CCNC3)c2)C(=O)c2cccc(C[C@@H](C(=O)O)[C@@H]3CCNC3)c2)c1)[C@H]1CCNC1. The minimum atomic E-state index is -0.837. The van der Waals surface area contributed by atoms with Gasteiger partial charge in [-0.2, -0.15) is 0 Å². The minimum Gasteiger partial charge on any atom is -0.492 e. The highest BCUT2D eigenvalue weighted by Gasteiger charge is 2.33. The van der Waals surface area contributed by atoms with E-state index < -0.39 is 35.7 Å². The molecule has 3 saturated heterocycles. The van der Waals surface area contributed by atoms with E-state index in [1.165, 1.54) is 0 Å². The highest BCUT2D eigenvalue weighted by atomic mass is 16.5. The van der Waals surface area contributed by atoms with Crippen LogP contribution in [0.3, 0.4) is 0 Å². The van der Waals surface area contributed by atoms with E-state index in [9.17, 15) is 34.5 Å². The Labute approximate surface area is 322 Å². The van der Waals surface area contributed by atoms with Crippen LogP contribution in [0.25, 0.3) is 0 Å². The van der Waals surface area contributed by atoms with Crippen LogP contribution in [-0.2, 0) is 40.2 Å². The van der Waals surface area contributed by atoms with E-state index in [-0.39, 0.29) is 43.4 Å². The summed E-state index contributed by atoms with van der Waals surface area (Å²) in [5.41, 5.74) is 3.87. The van der Waals surface area contributed by atoms with Crippen molar-refractivity contribution < 1.29 is 39.2 Å². The van der Waals surface area contributed by atoms with E-state index >= 15 is 0 Å². The molecule has 3 fully saturated rings. The Balaban J connectivity index is 1.18. The summed E-state index contributed by atoms with van der Waals surface area (Å²) in [6, 6.07) is 22.4. The van der Waals surface area contributed by atoms with Crippen LogP contribution in [0.4, 0.5) is 0 Å². The molecule has 0 bridgehead atoms. The van der Waals surface area contributed by atoms with Crippen molar-refractivity contribution in [1.29, 1.82) is 0 Å². The van der Waals surface area contributed by atoms with Gasteiger partial charge in [0.1, 0.15) is 12.4 Å². The van der Waals surface area contributed by atoms with Crippen molar-refractivity contribution in [3.8, 4) is 5.75 Å². The fourth-order valence-electron chi connectivity index (χ4n) is 8.57. The van der Waals surface area contributed by atoms with Crippen LogP contribution in [0, 0.1) is 35.5 Å². The molecular formula is C43H54N4O8. The topological polar surface area (TPSA) is 178 Å². The molecule has 12 heteroatoms. The third-order valence-electron chi connectivity index (χ3n) is 11.7. The van der Waals surface area contributed by atoms with Gasteiger partial charge in [0.05, 0.1) is 24.3 Å². The summed E-state index contributed by atoms with van der Waals surface area (Å²) >= 11 is 0. The lowest BCUT2D eigenvalue weighted by molar-refractivity contribution is -0.144. The van der Waals surface area contributed by atoms with E-state index in [0.29, 0.717) is 50.2 Å². The van der Waals surface area contributed by atoms with Crippen molar-refractivity contribution in [3.63, 3.8) is 0 Å². The zero-order valence-corrected chi connectivity index (χ0v) is 31.3. The molecule has 6 N–H and O–H groups in total. The van der Waals surface area contributed by atoms with Gasteiger partial charge in [-0.1, -0.05) is 48.5 Å². The molecule has 6 atom stereocenters. The summed E-state index contributed by atoms with van der Waals surface area (Å²) < 4.78 is 6.19. The average Bonchev–Trinajstić information content (AvgIpc) is 4.00. The van der Waals surface area contributed by atoms with Gasteiger partial charge >= 0.3 is 17.9 Å². The first kappa shape index (κ1) is 39.9. The molecule has 3 aliphatic rings. The van der Waals surface area contributed by atoms with E-state index in [2.05, 4.69) is 16.0 Å². The van der Waals surface area contributed by atoms with Gasteiger partial charge in [-0.25, -0.2) is 0 Å². The summed E-state index contributed by atoms with van der Waals surface area (Å²) in [5.74, 6) is -3.49. The van der Waals surface area contributed by atoms with Gasteiger partial charge in [0.25, 0.3) is 5.91 Å². The van der Waals surface area contributed by atoms with E-state index in [0.717, 1.165) is 61.2 Å². The van der Waals surface area contributed by atoms with Crippen LogP contribution in [0.2, 0.25) is 0 Å². The van der Waals surface area contributed by atoms with Crippen LogP contribution in [0.15, 0.2) is 72.8 Å². The summed E-state index contributed by atoms with van der Waals surface area (Å²) in [6.45, 7) is 5.14. The largest absolute Gasteiger partial charge is 0.492 e. The molecule has 0 saturated carbocycles. The molecule has 0 aliphatic carbocycles. The maximum Gasteiger partial charge on any atom is 0.307 e. The average molecular weight is 755 g/mol. The van der Waals surface area contributed by atoms with Crippen molar-refractivity contribution in [1.82, 2.24) is 20.9 Å². The van der Waals surface area contributed by atoms with E-state index in [1.807, 2.05) is 54.6 Å². The first-order valence-electron chi connectivity index (χ1n) is 19.6. The smallest absolute Gasteiger partial charge is 0.307 e. The number of amides is 1. The van der Waals surface area contributed by atoms with Crippen molar-refractivity contribution >= 4 is 23.8 Å². The Kier molecular flexibility index (Phi) is 13.9. The number of ether oxygens (including phenoxy) is 1. The first-order chi connectivity index (χ1) is 26.6. The maximum atomic E-state index is 14.3. The minimum absolute atomic E-state index is 0.0247. The lowest BCUT2D eigenvalue weighted by Crippen LogP contribution is -2.34. The predicted molar refractivity (Wildman–Crippen MR) is 207 cm³/mol. The van der Waals surface area contributed by atoms with Crippen molar-refractivity contribution in [2.75, 3.05) is 52.4 Å². The maximum absolute atomic E-state index is 14.3. The van der Waals surface area contributed by atoms with Crippen LogP contribution < -0.4 is 20.7 Å². The lowest BCUT2D eigenvalue weighted by atomic mass is 9.86. The number of nitrogens with one attached hydrogen (secondary N) is 3. The Hall–Kier alpha value is -4.78. The highest BCUT2D eigenvalue weighted by molar-refractivity contribution is 5.94. The molecule has 0 spiro atoms. The molecule has 0 radical (unpaired) electrons. The Bertz CT molecular complexity index is 1780. The van der Waals surface area contributed by atoms with Crippen LogP contribution >= 0.6 is 0 Å². The van der Waals surface area contributed by atoms with Crippen LogP contribution in [0.5, 0.6) is 5.75 Å². The zero-order chi connectivity index (χ0) is 38.7. The second kappa shape index (κ2) is 19.2. The fourth-order valence-corrected chi connectivity index (χ4v) is 8.57. The van der Waals surface area contributed by atoms with Gasteiger partial charge in [-0.3, -0.25) is 19.2 Å². The molecule has 3 aliphatic heterocycles. The number of carboxylic acid groups (broad SMARTS) is 3. The lowest BCUT2D eigenvalue weighted by Gasteiger charge is -2.25. The molecule has 3 aromatic carbocycles. The standard InChI is InChI=1S/C43H54N4O8/c48-40(32-8-2-5-29(19-32)22-38(42(51)52)34-11-14-45-25-34)47(27-31-7-1-4-28(18-31)21-37(41(49)50)33-10-13-44-24-33)16-17-55-36-9-3-6-30(20-36)23-39(43(53)54)35-12-15-46-26-35/h1-9,18-20,33-35,37-39,44-46H,10-17,21-27H2,(H,49,50)(H,51,52)(H,53,54)/t33-,34+,35-,37-,38+,39-/m0/s1. The second-order valence-corrected chi connectivity index (χ2v) is 15.4. The number of carbonyl (C=O) groups excluding carboxylic acids is 1. The number of hydrogen-bond acceptors (Lipinski definition) is 8. The van der Waals surface area contributed by atoms with Crippen molar-refractivity contribution in [2.24, 2.45) is 35.5 Å². The highest BCUT2D eigenvalue weighted by Crippen LogP contribution is 2.28. The monoisotopic (exact) mass is 754 g/mol. The van der Waals surface area contributed by atoms with E-state index in [4.69, 9.17) is 4.74 Å². The van der Waals surface area contributed by atoms with Gasteiger partial charge in [-0.05, 0) is 142 Å². The van der Waals surface area contributed by atoms with Crippen LogP contribution in [-0.4, -0.2) is 96.5 Å². The number of hydrogen-bond donors (Lipinski definition) is 6. The Morgan fingerprint density at radius 1 is 0.618 bits per heavy atom. The van der Waals surface area contributed by atoms with Gasteiger partial charge in [0.15, 0.2) is 0 Å². The molecule has 55 heavy (non-hydrogen) atoms. The second-order valence-electron chi connectivity index (χ2n) is 15.4. The fraction of sp³-hybridized carbons (Fsp3) is 0.488. The molecule has 1 amide bonds. The number of benzene rings is 3. The number of nitrogens with zero attached hydrogens (tertiary/aromatic N) is 1. The normalized spacial score (nSPS) is 21.1.